The van der Waals surface area contributed by atoms with Gasteiger partial charge in [0.1, 0.15) is 17.7 Å². The van der Waals surface area contributed by atoms with E-state index in [1.54, 1.807) is 25.5 Å². The first-order chi connectivity index (χ1) is 13.7. The molecule has 2 aliphatic rings. The lowest BCUT2D eigenvalue weighted by Crippen LogP contribution is -2.40. The molecule has 28 heavy (non-hydrogen) atoms. The maximum Gasteiger partial charge on any atom is 0.254 e. The number of fused-ring (bicyclic) bond motifs is 1. The van der Waals surface area contributed by atoms with E-state index < -0.39 is 0 Å². The van der Waals surface area contributed by atoms with Crippen molar-refractivity contribution in [3.05, 3.63) is 41.2 Å². The zero-order valence-electron chi connectivity index (χ0n) is 15.8. The molecule has 4 rings (SSSR count). The van der Waals surface area contributed by atoms with E-state index in [1.165, 1.54) is 0 Å². The van der Waals surface area contributed by atoms with Gasteiger partial charge in [-0.15, -0.1) is 0 Å². The predicted molar refractivity (Wildman–Crippen MR) is 108 cm³/mol. The minimum atomic E-state index is -0.121. The number of hydrogen-bond acceptors (Lipinski definition) is 7. The minimum Gasteiger partial charge on any atom is -0.381 e. The van der Waals surface area contributed by atoms with Crippen molar-refractivity contribution in [2.45, 2.75) is 25.3 Å². The van der Waals surface area contributed by atoms with Gasteiger partial charge in [0.05, 0.1) is 16.8 Å². The monoisotopic (exact) mass is 377 g/mol. The summed E-state index contributed by atoms with van der Waals surface area (Å²) in [6.07, 6.45) is 6.01. The Morgan fingerprint density at radius 1 is 1.29 bits per heavy atom. The molecule has 0 atom stereocenters. The van der Waals surface area contributed by atoms with Crippen molar-refractivity contribution in [3.8, 4) is 6.07 Å². The average molecular weight is 377 g/mol. The Labute approximate surface area is 164 Å². The highest BCUT2D eigenvalue weighted by Crippen LogP contribution is 2.32. The molecule has 2 aromatic rings. The molecule has 1 amide bonds. The lowest BCUT2D eigenvalue weighted by Gasteiger charge is -2.34. The van der Waals surface area contributed by atoms with E-state index >= 15 is 0 Å². The van der Waals surface area contributed by atoms with Crippen LogP contribution in [0.4, 0.5) is 17.3 Å². The van der Waals surface area contributed by atoms with Crippen LogP contribution in [0, 0.1) is 11.3 Å². The number of amides is 1. The molecule has 0 spiro atoms. The van der Waals surface area contributed by atoms with Crippen LogP contribution in [0.5, 0.6) is 0 Å². The Morgan fingerprint density at radius 2 is 2.11 bits per heavy atom. The molecule has 3 N–H and O–H groups in total. The summed E-state index contributed by atoms with van der Waals surface area (Å²) in [6, 6.07) is 6.08. The lowest BCUT2D eigenvalue weighted by molar-refractivity contribution is 0.0963. The Hall–Kier alpha value is -3.34. The molecular weight excluding hydrogens is 354 g/mol. The number of piperidine rings is 1. The van der Waals surface area contributed by atoms with Crippen LogP contribution >= 0.6 is 0 Å². The van der Waals surface area contributed by atoms with Gasteiger partial charge in [0.15, 0.2) is 0 Å². The van der Waals surface area contributed by atoms with Gasteiger partial charge in [-0.25, -0.2) is 9.97 Å². The first kappa shape index (κ1) is 18.0. The van der Waals surface area contributed by atoms with Gasteiger partial charge in [-0.3, -0.25) is 4.79 Å². The number of aromatic nitrogens is 2. The minimum absolute atomic E-state index is 0.121. The molecule has 0 aliphatic carbocycles. The number of hydrogen-bond donors (Lipinski definition) is 3. The molecule has 4 heterocycles. The number of anilines is 3. The highest BCUT2D eigenvalue weighted by atomic mass is 16.1. The van der Waals surface area contributed by atoms with E-state index in [0.717, 1.165) is 61.8 Å². The number of nitrogens with one attached hydrogen (secondary N) is 3. The second kappa shape index (κ2) is 7.72. The topological polar surface area (TPSA) is 106 Å². The summed E-state index contributed by atoms with van der Waals surface area (Å²) in [5.74, 6) is 1.65. The average Bonchev–Trinajstić information content (AvgIpc) is 3.23. The molecule has 144 valence electrons. The van der Waals surface area contributed by atoms with Crippen LogP contribution in [0.25, 0.3) is 0 Å². The second-order valence-electron chi connectivity index (χ2n) is 7.05. The molecule has 1 saturated heterocycles. The van der Waals surface area contributed by atoms with E-state index in [9.17, 15) is 4.79 Å². The molecule has 0 radical (unpaired) electrons. The van der Waals surface area contributed by atoms with Gasteiger partial charge in [0.2, 0.25) is 0 Å². The standard InChI is InChI=1S/C20H23N7O/c1-22-20(28)16-12-25-19-15(4-7-23-19)18(16)26-14-5-8-27(9-6-14)17-3-2-13(10-21)11-24-17/h2-3,11-12,14H,4-9H2,1H3,(H,22,28)(H2,23,25,26). The summed E-state index contributed by atoms with van der Waals surface area (Å²) in [7, 11) is 1.64. The molecule has 0 aromatic carbocycles. The Kier molecular flexibility index (Phi) is 4.98. The first-order valence-corrected chi connectivity index (χ1v) is 9.55. The van der Waals surface area contributed by atoms with E-state index in [0.29, 0.717) is 11.1 Å². The summed E-state index contributed by atoms with van der Waals surface area (Å²) in [5.41, 5.74) is 3.17. The predicted octanol–water partition coefficient (Wildman–Crippen LogP) is 1.76. The number of nitriles is 1. The third-order valence-electron chi connectivity index (χ3n) is 5.36. The fraction of sp³-hybridized carbons (Fsp3) is 0.400. The van der Waals surface area contributed by atoms with Gasteiger partial charge < -0.3 is 20.9 Å². The molecule has 1 fully saturated rings. The van der Waals surface area contributed by atoms with Gasteiger partial charge in [-0.1, -0.05) is 0 Å². The van der Waals surface area contributed by atoms with Crippen molar-refractivity contribution >= 4 is 23.2 Å². The molecule has 0 unspecified atom stereocenters. The fourth-order valence-corrected chi connectivity index (χ4v) is 3.82. The zero-order chi connectivity index (χ0) is 19.5. The smallest absolute Gasteiger partial charge is 0.254 e. The van der Waals surface area contributed by atoms with Crippen molar-refractivity contribution in [1.29, 1.82) is 5.26 Å². The summed E-state index contributed by atoms with van der Waals surface area (Å²) in [4.78, 5) is 23.3. The summed E-state index contributed by atoms with van der Waals surface area (Å²) >= 11 is 0. The highest BCUT2D eigenvalue weighted by Gasteiger charge is 2.26. The van der Waals surface area contributed by atoms with E-state index in [2.05, 4.69) is 36.9 Å². The van der Waals surface area contributed by atoms with Crippen LogP contribution in [-0.4, -0.2) is 48.6 Å². The van der Waals surface area contributed by atoms with Crippen LogP contribution in [0.15, 0.2) is 24.5 Å². The third-order valence-corrected chi connectivity index (χ3v) is 5.36. The van der Waals surface area contributed by atoms with Gasteiger partial charge in [-0.2, -0.15) is 5.26 Å². The number of rotatable bonds is 4. The SMILES string of the molecule is CNC(=O)c1cnc2c(c1NC1CCN(c3ccc(C#N)cn3)CC1)CCN2. The fourth-order valence-electron chi connectivity index (χ4n) is 3.82. The van der Waals surface area contributed by atoms with Crippen molar-refractivity contribution in [2.24, 2.45) is 0 Å². The first-order valence-electron chi connectivity index (χ1n) is 9.55. The number of carbonyl (C=O) groups is 1. The van der Waals surface area contributed by atoms with Crippen molar-refractivity contribution in [2.75, 3.05) is 42.2 Å². The third kappa shape index (κ3) is 3.43. The molecule has 0 bridgehead atoms. The summed E-state index contributed by atoms with van der Waals surface area (Å²) in [6.45, 7) is 2.59. The van der Waals surface area contributed by atoms with Crippen LogP contribution < -0.4 is 20.9 Å². The largest absolute Gasteiger partial charge is 0.381 e. The van der Waals surface area contributed by atoms with Crippen molar-refractivity contribution in [3.63, 3.8) is 0 Å². The van der Waals surface area contributed by atoms with Crippen LogP contribution in [-0.2, 0) is 6.42 Å². The maximum atomic E-state index is 12.3. The van der Waals surface area contributed by atoms with E-state index in [-0.39, 0.29) is 11.9 Å². The Balaban J connectivity index is 1.47. The number of nitrogens with zero attached hydrogens (tertiary/aromatic N) is 4. The summed E-state index contributed by atoms with van der Waals surface area (Å²) in [5, 5.41) is 18.5. The van der Waals surface area contributed by atoms with Gasteiger partial charge >= 0.3 is 0 Å². The molecular formula is C20H23N7O. The van der Waals surface area contributed by atoms with E-state index in [1.807, 2.05) is 6.07 Å². The highest BCUT2D eigenvalue weighted by molar-refractivity contribution is 6.00. The molecule has 8 nitrogen and oxygen atoms in total. The number of pyridine rings is 2. The van der Waals surface area contributed by atoms with Crippen LogP contribution in [0.3, 0.4) is 0 Å². The summed E-state index contributed by atoms with van der Waals surface area (Å²) < 4.78 is 0. The molecule has 0 saturated carbocycles. The second-order valence-corrected chi connectivity index (χ2v) is 7.05. The Morgan fingerprint density at radius 3 is 2.79 bits per heavy atom. The van der Waals surface area contributed by atoms with Crippen LogP contribution in [0.1, 0.15) is 34.3 Å². The molecule has 2 aliphatic heterocycles. The van der Waals surface area contributed by atoms with Crippen LogP contribution in [0.2, 0.25) is 0 Å². The lowest BCUT2D eigenvalue weighted by atomic mass is 10.0. The zero-order valence-corrected chi connectivity index (χ0v) is 15.8. The molecule has 8 heteroatoms. The normalized spacial score (nSPS) is 16.1. The van der Waals surface area contributed by atoms with Gasteiger partial charge in [0, 0.05) is 50.7 Å². The number of carbonyl (C=O) groups excluding carboxylic acids is 1. The molecule has 2 aromatic heterocycles. The van der Waals surface area contributed by atoms with Gasteiger partial charge in [0.25, 0.3) is 5.91 Å². The van der Waals surface area contributed by atoms with Crippen molar-refractivity contribution in [1.82, 2.24) is 15.3 Å². The quantitative estimate of drug-likeness (QED) is 0.745. The van der Waals surface area contributed by atoms with E-state index in [4.69, 9.17) is 5.26 Å². The van der Waals surface area contributed by atoms with Crippen molar-refractivity contribution < 1.29 is 4.79 Å². The van der Waals surface area contributed by atoms with Gasteiger partial charge in [-0.05, 0) is 31.4 Å². The maximum absolute atomic E-state index is 12.3. The Bertz CT molecular complexity index is 911.